The number of rotatable bonds is 3. The van der Waals surface area contributed by atoms with Crippen molar-refractivity contribution in [3.8, 4) is 11.1 Å². The predicted octanol–water partition coefficient (Wildman–Crippen LogP) is 3.06. The maximum absolute atomic E-state index is 11.6. The first-order chi connectivity index (χ1) is 11.2. The molecule has 2 aliphatic rings. The Morgan fingerprint density at radius 2 is 2.17 bits per heavy atom. The molecule has 0 N–H and O–H groups in total. The van der Waals surface area contributed by atoms with Crippen LogP contribution in [0, 0.1) is 0 Å². The molecule has 0 radical (unpaired) electrons. The Balaban J connectivity index is 1.67. The standard InChI is InChI=1S/C18H18N2O3/c1-12-8-17(23-18(12)21)16-5-3-2-4-15(16)13-9-19-20(10-13)14-6-7-22-11-14/h2-5,9-10,14,17H,1,6-8,11H2. The van der Waals surface area contributed by atoms with E-state index in [9.17, 15) is 4.79 Å². The fourth-order valence-corrected chi connectivity index (χ4v) is 3.18. The third kappa shape index (κ3) is 2.57. The zero-order chi connectivity index (χ0) is 15.8. The summed E-state index contributed by atoms with van der Waals surface area (Å²) in [5.41, 5.74) is 3.61. The second kappa shape index (κ2) is 5.66. The maximum Gasteiger partial charge on any atom is 0.334 e. The number of hydrogen-bond donors (Lipinski definition) is 0. The molecular weight excluding hydrogens is 292 g/mol. The monoisotopic (exact) mass is 310 g/mol. The Hall–Kier alpha value is -2.40. The fraction of sp³-hybridized carbons (Fsp3) is 0.333. The van der Waals surface area contributed by atoms with Crippen molar-refractivity contribution < 1.29 is 14.3 Å². The van der Waals surface area contributed by atoms with E-state index < -0.39 is 0 Å². The summed E-state index contributed by atoms with van der Waals surface area (Å²) in [4.78, 5) is 11.6. The van der Waals surface area contributed by atoms with Crippen LogP contribution in [0.5, 0.6) is 0 Å². The van der Waals surface area contributed by atoms with E-state index in [0.717, 1.165) is 29.7 Å². The summed E-state index contributed by atoms with van der Waals surface area (Å²) < 4.78 is 12.8. The molecule has 2 aromatic rings. The molecule has 0 amide bonds. The summed E-state index contributed by atoms with van der Waals surface area (Å²) in [5, 5.41) is 4.48. The van der Waals surface area contributed by atoms with Gasteiger partial charge in [0.2, 0.25) is 0 Å². The van der Waals surface area contributed by atoms with Crippen molar-refractivity contribution in [3.05, 3.63) is 54.4 Å². The fourth-order valence-electron chi connectivity index (χ4n) is 3.18. The number of esters is 1. The van der Waals surface area contributed by atoms with E-state index in [4.69, 9.17) is 9.47 Å². The van der Waals surface area contributed by atoms with E-state index in [2.05, 4.69) is 11.7 Å². The Bertz CT molecular complexity index is 743. The van der Waals surface area contributed by atoms with E-state index in [1.165, 1.54) is 0 Å². The third-order valence-electron chi connectivity index (χ3n) is 4.47. The van der Waals surface area contributed by atoms with Crippen molar-refractivity contribution in [3.63, 3.8) is 0 Å². The van der Waals surface area contributed by atoms with Crippen molar-refractivity contribution in [1.82, 2.24) is 9.78 Å². The summed E-state index contributed by atoms with van der Waals surface area (Å²) in [6.07, 6.45) is 5.18. The molecule has 4 rings (SSSR count). The first kappa shape index (κ1) is 14.2. The average molecular weight is 310 g/mol. The van der Waals surface area contributed by atoms with Gasteiger partial charge in [-0.05, 0) is 12.0 Å². The van der Waals surface area contributed by atoms with E-state index in [1.54, 1.807) is 0 Å². The molecule has 2 atom stereocenters. The van der Waals surface area contributed by atoms with Crippen LogP contribution in [-0.2, 0) is 14.3 Å². The van der Waals surface area contributed by atoms with Crippen LogP contribution < -0.4 is 0 Å². The van der Waals surface area contributed by atoms with E-state index in [-0.39, 0.29) is 12.1 Å². The number of cyclic esters (lactones) is 1. The molecule has 0 spiro atoms. The summed E-state index contributed by atoms with van der Waals surface area (Å²) in [6.45, 7) is 5.26. The van der Waals surface area contributed by atoms with Gasteiger partial charge in [0.25, 0.3) is 0 Å². The van der Waals surface area contributed by atoms with Crippen LogP contribution in [0.25, 0.3) is 11.1 Å². The third-order valence-corrected chi connectivity index (χ3v) is 4.47. The first-order valence-electron chi connectivity index (χ1n) is 7.82. The molecule has 23 heavy (non-hydrogen) atoms. The molecular formula is C18H18N2O3. The van der Waals surface area contributed by atoms with Crippen LogP contribution in [0.3, 0.4) is 0 Å². The molecule has 5 heteroatoms. The molecule has 2 saturated heterocycles. The molecule has 5 nitrogen and oxygen atoms in total. The number of carbonyl (C=O) groups excluding carboxylic acids is 1. The van der Waals surface area contributed by atoms with Crippen molar-refractivity contribution in [2.24, 2.45) is 0 Å². The van der Waals surface area contributed by atoms with Crippen molar-refractivity contribution in [1.29, 1.82) is 0 Å². The van der Waals surface area contributed by atoms with Crippen molar-refractivity contribution >= 4 is 5.97 Å². The Morgan fingerprint density at radius 1 is 1.30 bits per heavy atom. The molecule has 0 saturated carbocycles. The second-order valence-corrected chi connectivity index (χ2v) is 6.02. The summed E-state index contributed by atoms with van der Waals surface area (Å²) in [5.74, 6) is -0.302. The van der Waals surface area contributed by atoms with Gasteiger partial charge in [-0.2, -0.15) is 5.10 Å². The maximum atomic E-state index is 11.6. The lowest BCUT2D eigenvalue weighted by atomic mass is 9.96. The van der Waals surface area contributed by atoms with Gasteiger partial charge in [0.15, 0.2) is 0 Å². The largest absolute Gasteiger partial charge is 0.454 e. The molecule has 118 valence electrons. The highest BCUT2D eigenvalue weighted by Gasteiger charge is 2.30. The average Bonchev–Trinajstić information content (AvgIpc) is 3.29. The molecule has 2 fully saturated rings. The summed E-state index contributed by atoms with van der Waals surface area (Å²) in [7, 11) is 0. The van der Waals surface area contributed by atoms with E-state index in [1.807, 2.05) is 41.3 Å². The van der Waals surface area contributed by atoms with Crippen LogP contribution in [0.1, 0.15) is 30.6 Å². The summed E-state index contributed by atoms with van der Waals surface area (Å²) >= 11 is 0. The van der Waals surface area contributed by atoms with Gasteiger partial charge in [-0.1, -0.05) is 30.8 Å². The zero-order valence-corrected chi connectivity index (χ0v) is 12.8. The predicted molar refractivity (Wildman–Crippen MR) is 84.7 cm³/mol. The lowest BCUT2D eigenvalue weighted by Crippen LogP contribution is -2.08. The van der Waals surface area contributed by atoms with Gasteiger partial charge in [0.1, 0.15) is 6.10 Å². The Labute approximate surface area is 134 Å². The first-order valence-corrected chi connectivity index (χ1v) is 7.82. The Kier molecular flexibility index (Phi) is 3.50. The van der Waals surface area contributed by atoms with E-state index in [0.29, 0.717) is 24.6 Å². The zero-order valence-electron chi connectivity index (χ0n) is 12.8. The minimum Gasteiger partial charge on any atom is -0.454 e. The van der Waals surface area contributed by atoms with Crippen LogP contribution in [0.2, 0.25) is 0 Å². The quantitative estimate of drug-likeness (QED) is 0.646. The number of ether oxygens (including phenoxy) is 2. The minimum absolute atomic E-state index is 0.260. The van der Waals surface area contributed by atoms with E-state index >= 15 is 0 Å². The van der Waals surface area contributed by atoms with Crippen LogP contribution in [0.4, 0.5) is 0 Å². The number of nitrogens with zero attached hydrogens (tertiary/aromatic N) is 2. The molecule has 0 bridgehead atoms. The van der Waals surface area contributed by atoms with Gasteiger partial charge >= 0.3 is 5.97 Å². The highest BCUT2D eigenvalue weighted by atomic mass is 16.5. The minimum atomic E-state index is -0.302. The molecule has 3 heterocycles. The number of hydrogen-bond acceptors (Lipinski definition) is 4. The molecule has 2 aliphatic heterocycles. The van der Waals surface area contributed by atoms with Gasteiger partial charge < -0.3 is 9.47 Å². The van der Waals surface area contributed by atoms with Crippen molar-refractivity contribution in [2.75, 3.05) is 13.2 Å². The smallest absolute Gasteiger partial charge is 0.334 e. The highest BCUT2D eigenvalue weighted by molar-refractivity contribution is 5.90. The number of benzene rings is 1. The van der Waals surface area contributed by atoms with Gasteiger partial charge in [-0.3, -0.25) is 4.68 Å². The van der Waals surface area contributed by atoms with Crippen LogP contribution in [-0.4, -0.2) is 29.0 Å². The van der Waals surface area contributed by atoms with Crippen LogP contribution in [0.15, 0.2) is 48.8 Å². The van der Waals surface area contributed by atoms with Crippen molar-refractivity contribution in [2.45, 2.75) is 25.0 Å². The van der Waals surface area contributed by atoms with Gasteiger partial charge in [0, 0.05) is 35.9 Å². The SMILES string of the molecule is C=C1CC(c2ccccc2-c2cnn(C3CCOC3)c2)OC1=O. The number of carbonyl (C=O) groups is 1. The molecule has 0 aliphatic carbocycles. The summed E-state index contributed by atoms with van der Waals surface area (Å²) in [6, 6.07) is 8.29. The number of aromatic nitrogens is 2. The lowest BCUT2D eigenvalue weighted by Gasteiger charge is -2.13. The molecule has 2 unspecified atom stereocenters. The topological polar surface area (TPSA) is 53.4 Å². The molecule has 1 aromatic heterocycles. The van der Waals surface area contributed by atoms with Crippen LogP contribution >= 0.6 is 0 Å². The highest BCUT2D eigenvalue weighted by Crippen LogP contribution is 2.37. The van der Waals surface area contributed by atoms with Gasteiger partial charge in [-0.15, -0.1) is 0 Å². The van der Waals surface area contributed by atoms with Gasteiger partial charge in [0.05, 0.1) is 18.8 Å². The Morgan fingerprint density at radius 3 is 2.91 bits per heavy atom. The normalized spacial score (nSPS) is 24.2. The van der Waals surface area contributed by atoms with Gasteiger partial charge in [-0.25, -0.2) is 4.79 Å². The lowest BCUT2D eigenvalue weighted by molar-refractivity contribution is -0.139. The molecule has 1 aromatic carbocycles. The second-order valence-electron chi connectivity index (χ2n) is 6.02.